The minimum Gasteiger partial charge on any atom is -0.324 e. The zero-order valence-electron chi connectivity index (χ0n) is 6.84. The second-order valence-corrected chi connectivity index (χ2v) is 2.33. The third-order valence-corrected chi connectivity index (χ3v) is 1.54. The Labute approximate surface area is 74.8 Å². The van der Waals surface area contributed by atoms with Crippen molar-refractivity contribution >= 4 is 11.5 Å². The fourth-order valence-corrected chi connectivity index (χ4v) is 0.955. The van der Waals surface area contributed by atoms with Gasteiger partial charge in [0.2, 0.25) is 0 Å². The Balaban J connectivity index is 3.18. The highest BCUT2D eigenvalue weighted by Gasteiger charge is 2.06. The average Bonchev–Trinajstić information content (AvgIpc) is 2.18. The molecular weight excluding hydrogens is 168 g/mol. The van der Waals surface area contributed by atoms with Crippen LogP contribution in [0.25, 0.3) is 10.4 Å². The van der Waals surface area contributed by atoms with E-state index in [1.165, 1.54) is 0 Å². The van der Waals surface area contributed by atoms with Crippen molar-refractivity contribution in [1.29, 1.82) is 0 Å². The average molecular weight is 176 g/mol. The molecule has 0 spiro atoms. The maximum Gasteiger partial charge on any atom is 0.176 e. The molecule has 1 rings (SSSR count). The zero-order valence-corrected chi connectivity index (χ0v) is 6.84. The molecule has 0 aromatic heterocycles. The van der Waals surface area contributed by atoms with Crippen molar-refractivity contribution in [2.24, 2.45) is 10.8 Å². The molecule has 66 valence electrons. The first-order valence-electron chi connectivity index (χ1n) is 3.67. The minimum atomic E-state index is -0.233. The van der Waals surface area contributed by atoms with Gasteiger partial charge in [0.1, 0.15) is 0 Å². The number of hydrogen-bond donors (Lipinski definition) is 1. The van der Waals surface area contributed by atoms with Gasteiger partial charge >= 0.3 is 0 Å². The smallest absolute Gasteiger partial charge is 0.176 e. The van der Waals surface area contributed by atoms with E-state index >= 15 is 0 Å². The highest BCUT2D eigenvalue weighted by atomic mass is 16.1. The quantitative estimate of drug-likeness (QED) is 0.329. The van der Waals surface area contributed by atoms with Gasteiger partial charge in [-0.05, 0) is 5.53 Å². The van der Waals surface area contributed by atoms with Crippen molar-refractivity contribution in [2.75, 3.05) is 6.54 Å². The summed E-state index contributed by atoms with van der Waals surface area (Å²) in [6.45, 7) is -0.0854. The lowest BCUT2D eigenvalue weighted by Gasteiger charge is -2.00. The lowest BCUT2D eigenvalue weighted by atomic mass is 10.1. The molecule has 0 saturated carbocycles. The molecule has 0 unspecified atom stereocenters. The van der Waals surface area contributed by atoms with Crippen LogP contribution in [0.4, 0.5) is 5.69 Å². The first-order valence-corrected chi connectivity index (χ1v) is 3.67. The van der Waals surface area contributed by atoms with Gasteiger partial charge in [0.15, 0.2) is 5.78 Å². The highest BCUT2D eigenvalue weighted by molar-refractivity contribution is 6.01. The normalized spacial score (nSPS) is 9.00. The topological polar surface area (TPSA) is 91.9 Å². The van der Waals surface area contributed by atoms with Crippen LogP contribution in [0.15, 0.2) is 29.4 Å². The second-order valence-electron chi connectivity index (χ2n) is 2.33. The molecule has 0 aliphatic rings. The molecule has 0 aliphatic heterocycles. The Kier molecular flexibility index (Phi) is 3.03. The summed E-state index contributed by atoms with van der Waals surface area (Å²) in [6, 6.07) is 6.54. The summed E-state index contributed by atoms with van der Waals surface area (Å²) < 4.78 is 0. The number of ketones is 1. The molecule has 0 amide bonds. The standard InChI is InChI=1S/C8H8N4O/c9-5-8(13)6-3-1-2-4-7(6)11-12-10/h1-4H,5,9H2. The monoisotopic (exact) mass is 176 g/mol. The molecular formula is C8H8N4O. The van der Waals surface area contributed by atoms with Crippen LogP contribution in [0, 0.1) is 0 Å². The van der Waals surface area contributed by atoms with Gasteiger partial charge in [-0.1, -0.05) is 29.4 Å². The van der Waals surface area contributed by atoms with Crippen molar-refractivity contribution < 1.29 is 4.79 Å². The van der Waals surface area contributed by atoms with Crippen molar-refractivity contribution in [3.05, 3.63) is 40.3 Å². The summed E-state index contributed by atoms with van der Waals surface area (Å²) in [7, 11) is 0. The fourth-order valence-electron chi connectivity index (χ4n) is 0.955. The predicted octanol–water partition coefficient (Wildman–Crippen LogP) is 1.77. The first kappa shape index (κ1) is 9.25. The molecule has 1 aromatic rings. The Morgan fingerprint density at radius 1 is 1.54 bits per heavy atom. The predicted molar refractivity (Wildman–Crippen MR) is 48.6 cm³/mol. The van der Waals surface area contributed by atoms with Gasteiger partial charge in [-0.25, -0.2) is 0 Å². The Morgan fingerprint density at radius 2 is 2.23 bits per heavy atom. The molecule has 1 aromatic carbocycles. The van der Waals surface area contributed by atoms with Gasteiger partial charge in [-0.3, -0.25) is 4.79 Å². The number of benzene rings is 1. The Bertz CT molecular complexity index is 368. The minimum absolute atomic E-state index is 0.0854. The van der Waals surface area contributed by atoms with Crippen LogP contribution in [0.5, 0.6) is 0 Å². The van der Waals surface area contributed by atoms with E-state index in [0.717, 1.165) is 0 Å². The summed E-state index contributed by atoms with van der Waals surface area (Å²) in [5.74, 6) is -0.233. The molecule has 0 saturated heterocycles. The third-order valence-electron chi connectivity index (χ3n) is 1.54. The Hall–Kier alpha value is -1.84. The van der Waals surface area contributed by atoms with Crippen LogP contribution in [-0.2, 0) is 0 Å². The lowest BCUT2D eigenvalue weighted by Crippen LogP contribution is -2.13. The number of carbonyl (C=O) groups excluding carboxylic acids is 1. The fraction of sp³-hybridized carbons (Fsp3) is 0.125. The Morgan fingerprint density at radius 3 is 2.85 bits per heavy atom. The molecule has 5 heteroatoms. The SMILES string of the molecule is [N-]=[N+]=Nc1ccccc1C(=O)CN. The van der Waals surface area contributed by atoms with E-state index in [4.69, 9.17) is 11.3 Å². The second kappa shape index (κ2) is 4.25. The van der Waals surface area contributed by atoms with Crippen molar-refractivity contribution in [3.8, 4) is 0 Å². The van der Waals surface area contributed by atoms with Crippen molar-refractivity contribution in [1.82, 2.24) is 0 Å². The van der Waals surface area contributed by atoms with Crippen LogP contribution in [-0.4, -0.2) is 12.3 Å². The number of azide groups is 1. The third kappa shape index (κ3) is 2.05. The molecule has 0 fully saturated rings. The van der Waals surface area contributed by atoms with E-state index < -0.39 is 0 Å². The van der Waals surface area contributed by atoms with Gasteiger partial charge in [-0.2, -0.15) is 0 Å². The van der Waals surface area contributed by atoms with E-state index in [1.54, 1.807) is 24.3 Å². The molecule has 0 aliphatic carbocycles. The molecule has 0 bridgehead atoms. The van der Waals surface area contributed by atoms with Crippen LogP contribution in [0.2, 0.25) is 0 Å². The number of nitrogens with zero attached hydrogens (tertiary/aromatic N) is 3. The van der Waals surface area contributed by atoms with E-state index in [2.05, 4.69) is 10.0 Å². The highest BCUT2D eigenvalue weighted by Crippen LogP contribution is 2.18. The van der Waals surface area contributed by atoms with E-state index in [-0.39, 0.29) is 12.3 Å². The molecule has 5 nitrogen and oxygen atoms in total. The number of Topliss-reactive ketones (excluding diaryl/α,β-unsaturated/α-hetero) is 1. The van der Waals surface area contributed by atoms with Crippen LogP contribution < -0.4 is 5.73 Å². The number of nitrogens with two attached hydrogens (primary N) is 1. The zero-order chi connectivity index (χ0) is 9.68. The van der Waals surface area contributed by atoms with E-state index in [0.29, 0.717) is 11.3 Å². The number of hydrogen-bond acceptors (Lipinski definition) is 3. The summed E-state index contributed by atoms with van der Waals surface area (Å²) >= 11 is 0. The van der Waals surface area contributed by atoms with Gasteiger partial charge in [-0.15, -0.1) is 0 Å². The summed E-state index contributed by atoms with van der Waals surface area (Å²) in [6.07, 6.45) is 0. The molecule has 2 N–H and O–H groups in total. The number of carbonyl (C=O) groups is 1. The van der Waals surface area contributed by atoms with Crippen molar-refractivity contribution in [3.63, 3.8) is 0 Å². The van der Waals surface area contributed by atoms with Gasteiger partial charge in [0.05, 0.1) is 6.54 Å². The molecule has 0 heterocycles. The van der Waals surface area contributed by atoms with E-state index in [1.807, 2.05) is 0 Å². The van der Waals surface area contributed by atoms with E-state index in [9.17, 15) is 4.79 Å². The van der Waals surface area contributed by atoms with Crippen LogP contribution in [0.3, 0.4) is 0 Å². The van der Waals surface area contributed by atoms with Gasteiger partial charge in [0, 0.05) is 16.2 Å². The molecule has 13 heavy (non-hydrogen) atoms. The first-order chi connectivity index (χ1) is 6.29. The number of rotatable bonds is 3. The molecule has 0 atom stereocenters. The summed E-state index contributed by atoms with van der Waals surface area (Å²) in [5.41, 5.74) is 14.1. The lowest BCUT2D eigenvalue weighted by molar-refractivity contribution is 0.100. The van der Waals surface area contributed by atoms with Gasteiger partial charge in [0.25, 0.3) is 0 Å². The molecule has 0 radical (unpaired) electrons. The largest absolute Gasteiger partial charge is 0.324 e. The maximum atomic E-state index is 11.2. The van der Waals surface area contributed by atoms with Crippen LogP contribution >= 0.6 is 0 Å². The summed E-state index contributed by atoms with van der Waals surface area (Å²) in [5, 5.41) is 3.38. The summed E-state index contributed by atoms with van der Waals surface area (Å²) in [4.78, 5) is 13.8. The van der Waals surface area contributed by atoms with Gasteiger partial charge < -0.3 is 5.73 Å². The van der Waals surface area contributed by atoms with Crippen molar-refractivity contribution in [2.45, 2.75) is 0 Å². The van der Waals surface area contributed by atoms with Crippen LogP contribution in [0.1, 0.15) is 10.4 Å². The maximum absolute atomic E-state index is 11.2.